The Balaban J connectivity index is 2.24. The number of nitrogen functional groups attached to an aromatic ring is 1. The Morgan fingerprint density at radius 2 is 2.00 bits per heavy atom. The number of methoxy groups -OCH3 is 1. The second-order valence-electron chi connectivity index (χ2n) is 3.61. The van der Waals surface area contributed by atoms with Crippen LogP contribution in [0.4, 0.5) is 11.4 Å². The van der Waals surface area contributed by atoms with Crippen molar-refractivity contribution in [1.29, 1.82) is 0 Å². The van der Waals surface area contributed by atoms with Gasteiger partial charge < -0.3 is 15.8 Å². The monoisotopic (exact) mass is 243 g/mol. The largest absolute Gasteiger partial charge is 0.495 e. The number of nitrogens with zero attached hydrogens (tertiary/aromatic N) is 1. The Kier molecular flexibility index (Phi) is 3.43. The van der Waals surface area contributed by atoms with Crippen LogP contribution in [0.25, 0.3) is 0 Å². The van der Waals surface area contributed by atoms with Gasteiger partial charge in [0.25, 0.3) is 5.91 Å². The van der Waals surface area contributed by atoms with E-state index in [0.717, 1.165) is 0 Å². The van der Waals surface area contributed by atoms with E-state index in [4.69, 9.17) is 10.5 Å². The number of nitrogens with one attached hydrogen (secondary N) is 1. The molecule has 0 bridgehead atoms. The molecule has 1 heterocycles. The molecule has 0 atom stereocenters. The molecule has 0 aliphatic carbocycles. The van der Waals surface area contributed by atoms with E-state index in [9.17, 15) is 4.79 Å². The third-order valence-electron chi connectivity index (χ3n) is 2.47. The van der Waals surface area contributed by atoms with Crippen molar-refractivity contribution in [2.75, 3.05) is 18.2 Å². The lowest BCUT2D eigenvalue weighted by atomic mass is 10.1. The number of hydrogen-bond acceptors (Lipinski definition) is 4. The Labute approximate surface area is 105 Å². The van der Waals surface area contributed by atoms with Gasteiger partial charge >= 0.3 is 0 Å². The zero-order chi connectivity index (χ0) is 13.0. The summed E-state index contributed by atoms with van der Waals surface area (Å²) in [6.07, 6.45) is 3.20. The van der Waals surface area contributed by atoms with Crippen LogP contribution >= 0.6 is 0 Å². The van der Waals surface area contributed by atoms with E-state index in [1.54, 1.807) is 42.7 Å². The number of pyridine rings is 1. The summed E-state index contributed by atoms with van der Waals surface area (Å²) in [6, 6.07) is 8.48. The number of amides is 1. The maximum absolute atomic E-state index is 12.0. The van der Waals surface area contributed by atoms with Crippen molar-refractivity contribution in [3.8, 4) is 5.75 Å². The fourth-order valence-electron chi connectivity index (χ4n) is 1.55. The second kappa shape index (κ2) is 5.18. The molecule has 0 unspecified atom stereocenters. The van der Waals surface area contributed by atoms with Crippen molar-refractivity contribution in [1.82, 2.24) is 4.98 Å². The SMILES string of the molecule is COc1cccc(C(=O)Nc2ccncc2)c1N. The molecule has 2 aromatic rings. The van der Waals surface area contributed by atoms with Crippen LogP contribution in [0.3, 0.4) is 0 Å². The van der Waals surface area contributed by atoms with Crippen LogP contribution in [0, 0.1) is 0 Å². The molecule has 18 heavy (non-hydrogen) atoms. The number of hydrogen-bond donors (Lipinski definition) is 2. The summed E-state index contributed by atoms with van der Waals surface area (Å²) in [4.78, 5) is 15.9. The fourth-order valence-corrected chi connectivity index (χ4v) is 1.55. The lowest BCUT2D eigenvalue weighted by molar-refractivity contribution is 0.102. The molecule has 2 rings (SSSR count). The van der Waals surface area contributed by atoms with Crippen molar-refractivity contribution in [2.24, 2.45) is 0 Å². The summed E-state index contributed by atoms with van der Waals surface area (Å²) >= 11 is 0. The lowest BCUT2D eigenvalue weighted by Crippen LogP contribution is -2.14. The van der Waals surface area contributed by atoms with Crippen molar-refractivity contribution in [3.63, 3.8) is 0 Å². The number of para-hydroxylation sites is 1. The molecule has 1 aromatic heterocycles. The van der Waals surface area contributed by atoms with E-state index < -0.39 is 0 Å². The van der Waals surface area contributed by atoms with E-state index in [2.05, 4.69) is 10.3 Å². The summed E-state index contributed by atoms with van der Waals surface area (Å²) in [5.74, 6) is 0.204. The number of carbonyl (C=O) groups is 1. The highest BCUT2D eigenvalue weighted by Crippen LogP contribution is 2.25. The summed E-state index contributed by atoms with van der Waals surface area (Å²) in [7, 11) is 1.51. The van der Waals surface area contributed by atoms with Crippen LogP contribution in [0.15, 0.2) is 42.7 Å². The molecule has 1 amide bonds. The maximum Gasteiger partial charge on any atom is 0.257 e. The smallest absolute Gasteiger partial charge is 0.257 e. The van der Waals surface area contributed by atoms with Crippen molar-refractivity contribution >= 4 is 17.3 Å². The van der Waals surface area contributed by atoms with Crippen molar-refractivity contribution in [2.45, 2.75) is 0 Å². The first kappa shape index (κ1) is 11.9. The van der Waals surface area contributed by atoms with Gasteiger partial charge in [-0.2, -0.15) is 0 Å². The number of rotatable bonds is 3. The zero-order valence-corrected chi connectivity index (χ0v) is 9.88. The van der Waals surface area contributed by atoms with Gasteiger partial charge in [0.05, 0.1) is 18.4 Å². The fraction of sp³-hybridized carbons (Fsp3) is 0.0769. The van der Waals surface area contributed by atoms with Crippen LogP contribution in [0.1, 0.15) is 10.4 Å². The van der Waals surface area contributed by atoms with E-state index in [-0.39, 0.29) is 5.91 Å². The molecule has 0 aliphatic heterocycles. The standard InChI is InChI=1S/C13H13N3O2/c1-18-11-4-2-3-10(12(11)14)13(17)16-9-5-7-15-8-6-9/h2-8H,14H2,1H3,(H,15,16,17). The van der Waals surface area contributed by atoms with Gasteiger partial charge in [0.2, 0.25) is 0 Å². The topological polar surface area (TPSA) is 77.2 Å². The van der Waals surface area contributed by atoms with Gasteiger partial charge in [0.1, 0.15) is 5.75 Å². The van der Waals surface area contributed by atoms with E-state index in [0.29, 0.717) is 22.7 Å². The Bertz CT molecular complexity index is 555. The number of nitrogens with two attached hydrogens (primary N) is 1. The van der Waals surface area contributed by atoms with Crippen LogP contribution < -0.4 is 15.8 Å². The van der Waals surface area contributed by atoms with Gasteiger partial charge in [-0.3, -0.25) is 9.78 Å². The molecule has 0 fully saturated rings. The number of anilines is 2. The summed E-state index contributed by atoms with van der Waals surface area (Å²) < 4.78 is 5.07. The molecular weight excluding hydrogens is 230 g/mol. The first-order chi connectivity index (χ1) is 8.72. The molecule has 1 aromatic carbocycles. The third kappa shape index (κ3) is 2.40. The Hall–Kier alpha value is -2.56. The molecule has 0 aliphatic rings. The summed E-state index contributed by atoms with van der Waals surface area (Å²) in [5, 5.41) is 2.74. The minimum absolute atomic E-state index is 0.280. The van der Waals surface area contributed by atoms with Gasteiger partial charge in [-0.05, 0) is 24.3 Å². The van der Waals surface area contributed by atoms with E-state index >= 15 is 0 Å². The van der Waals surface area contributed by atoms with Crippen molar-refractivity contribution in [3.05, 3.63) is 48.3 Å². The molecule has 0 radical (unpaired) electrons. The molecule has 5 heteroatoms. The molecule has 0 saturated heterocycles. The van der Waals surface area contributed by atoms with Crippen LogP contribution in [0.5, 0.6) is 5.75 Å². The zero-order valence-electron chi connectivity index (χ0n) is 9.88. The molecule has 0 spiro atoms. The Morgan fingerprint density at radius 1 is 1.28 bits per heavy atom. The van der Waals surface area contributed by atoms with Gasteiger partial charge in [-0.25, -0.2) is 0 Å². The number of benzene rings is 1. The van der Waals surface area contributed by atoms with Gasteiger partial charge in [-0.15, -0.1) is 0 Å². The number of aromatic nitrogens is 1. The van der Waals surface area contributed by atoms with E-state index in [1.807, 2.05) is 0 Å². The minimum Gasteiger partial charge on any atom is -0.495 e. The van der Waals surface area contributed by atoms with Gasteiger partial charge in [-0.1, -0.05) is 6.07 Å². The third-order valence-corrected chi connectivity index (χ3v) is 2.47. The number of ether oxygens (including phenoxy) is 1. The quantitative estimate of drug-likeness (QED) is 0.807. The van der Waals surface area contributed by atoms with Gasteiger partial charge in [0, 0.05) is 18.1 Å². The first-order valence-corrected chi connectivity index (χ1v) is 5.36. The highest BCUT2D eigenvalue weighted by atomic mass is 16.5. The molecule has 3 N–H and O–H groups in total. The second-order valence-corrected chi connectivity index (χ2v) is 3.61. The minimum atomic E-state index is -0.280. The van der Waals surface area contributed by atoms with Crippen molar-refractivity contribution < 1.29 is 9.53 Å². The van der Waals surface area contributed by atoms with E-state index in [1.165, 1.54) is 7.11 Å². The highest BCUT2D eigenvalue weighted by Gasteiger charge is 2.12. The van der Waals surface area contributed by atoms with Crippen LogP contribution in [0.2, 0.25) is 0 Å². The number of carbonyl (C=O) groups excluding carboxylic acids is 1. The molecule has 92 valence electrons. The summed E-state index contributed by atoms with van der Waals surface area (Å²) in [6.45, 7) is 0. The predicted molar refractivity (Wildman–Crippen MR) is 69.6 cm³/mol. The highest BCUT2D eigenvalue weighted by molar-refractivity contribution is 6.08. The average molecular weight is 243 g/mol. The maximum atomic E-state index is 12.0. The predicted octanol–water partition coefficient (Wildman–Crippen LogP) is 1.92. The molecule has 5 nitrogen and oxygen atoms in total. The normalized spacial score (nSPS) is 9.83. The first-order valence-electron chi connectivity index (χ1n) is 5.36. The average Bonchev–Trinajstić information content (AvgIpc) is 2.40. The lowest BCUT2D eigenvalue weighted by Gasteiger charge is -2.10. The Morgan fingerprint density at radius 3 is 2.67 bits per heavy atom. The molecular formula is C13H13N3O2. The van der Waals surface area contributed by atoms with Gasteiger partial charge in [0.15, 0.2) is 0 Å². The summed E-state index contributed by atoms with van der Waals surface area (Å²) in [5.41, 5.74) is 7.22. The molecule has 0 saturated carbocycles. The van der Waals surface area contributed by atoms with Crippen LogP contribution in [-0.2, 0) is 0 Å². The van der Waals surface area contributed by atoms with Crippen LogP contribution in [-0.4, -0.2) is 18.0 Å².